The van der Waals surface area contributed by atoms with Crippen LogP contribution in [-0.4, -0.2) is 63.1 Å². The van der Waals surface area contributed by atoms with E-state index < -0.39 is 12.0 Å². The molecule has 0 bridgehead atoms. The van der Waals surface area contributed by atoms with Gasteiger partial charge in [0.05, 0.1) is 0 Å². The second-order valence-electron chi connectivity index (χ2n) is 6.82. The van der Waals surface area contributed by atoms with Gasteiger partial charge in [0, 0.05) is 30.1 Å². The standard InChI is InChI=1S/C15H26N2O3S/c1-10-11(2)21-9-8-16(10)14(20)17-7-5-6-15(3,4)12(17)13(18)19/h10-12H,5-9H2,1-4H3,(H,18,19). The summed E-state index contributed by atoms with van der Waals surface area (Å²) in [7, 11) is 0. The lowest BCUT2D eigenvalue weighted by molar-refractivity contribution is -0.148. The molecule has 0 aliphatic carbocycles. The van der Waals surface area contributed by atoms with E-state index in [9.17, 15) is 14.7 Å². The largest absolute Gasteiger partial charge is 0.480 e. The number of thioether (sulfide) groups is 1. The van der Waals surface area contributed by atoms with E-state index in [1.165, 1.54) is 0 Å². The van der Waals surface area contributed by atoms with E-state index in [4.69, 9.17) is 0 Å². The fourth-order valence-electron chi connectivity index (χ4n) is 3.43. The zero-order valence-electron chi connectivity index (χ0n) is 13.3. The number of urea groups is 1. The Morgan fingerprint density at radius 2 is 1.86 bits per heavy atom. The molecule has 2 heterocycles. The van der Waals surface area contributed by atoms with E-state index in [0.717, 1.165) is 18.6 Å². The maximum Gasteiger partial charge on any atom is 0.327 e. The maximum absolute atomic E-state index is 12.9. The summed E-state index contributed by atoms with van der Waals surface area (Å²) >= 11 is 1.87. The molecular formula is C15H26N2O3S. The summed E-state index contributed by atoms with van der Waals surface area (Å²) in [6.45, 7) is 9.33. The summed E-state index contributed by atoms with van der Waals surface area (Å²) in [6.07, 6.45) is 1.71. The number of carboxylic acid groups (broad SMARTS) is 1. The second-order valence-corrected chi connectivity index (χ2v) is 8.30. The molecule has 0 aromatic heterocycles. The molecule has 0 aromatic carbocycles. The predicted molar refractivity (Wildman–Crippen MR) is 84.6 cm³/mol. The Morgan fingerprint density at radius 3 is 2.48 bits per heavy atom. The number of carbonyl (C=O) groups excluding carboxylic acids is 1. The molecule has 2 aliphatic rings. The smallest absolute Gasteiger partial charge is 0.327 e. The fourth-order valence-corrected chi connectivity index (χ4v) is 4.53. The van der Waals surface area contributed by atoms with E-state index in [1.807, 2.05) is 30.5 Å². The van der Waals surface area contributed by atoms with Gasteiger partial charge in [-0.05, 0) is 25.2 Å². The van der Waals surface area contributed by atoms with Crippen LogP contribution in [-0.2, 0) is 4.79 Å². The number of rotatable bonds is 1. The molecule has 3 atom stereocenters. The van der Waals surface area contributed by atoms with Crippen LogP contribution >= 0.6 is 11.8 Å². The van der Waals surface area contributed by atoms with Crippen molar-refractivity contribution in [3.63, 3.8) is 0 Å². The lowest BCUT2D eigenvalue weighted by Gasteiger charge is -2.47. The van der Waals surface area contributed by atoms with Crippen LogP contribution in [0.1, 0.15) is 40.5 Å². The molecule has 0 saturated carbocycles. The monoisotopic (exact) mass is 314 g/mol. The molecule has 2 amide bonds. The Balaban J connectivity index is 2.22. The molecule has 120 valence electrons. The Labute approximate surface area is 131 Å². The van der Waals surface area contributed by atoms with E-state index in [1.54, 1.807) is 4.90 Å². The van der Waals surface area contributed by atoms with Crippen molar-refractivity contribution < 1.29 is 14.7 Å². The molecule has 3 unspecified atom stereocenters. The molecule has 2 fully saturated rings. The van der Waals surface area contributed by atoms with Crippen LogP contribution in [0.4, 0.5) is 4.79 Å². The van der Waals surface area contributed by atoms with Crippen LogP contribution in [0.15, 0.2) is 0 Å². The van der Waals surface area contributed by atoms with Gasteiger partial charge in [-0.1, -0.05) is 20.8 Å². The van der Waals surface area contributed by atoms with Gasteiger partial charge in [0.15, 0.2) is 0 Å². The minimum atomic E-state index is -0.889. The van der Waals surface area contributed by atoms with Crippen molar-refractivity contribution in [1.82, 2.24) is 9.80 Å². The van der Waals surface area contributed by atoms with Crippen LogP contribution in [0, 0.1) is 5.41 Å². The Kier molecular flexibility index (Phi) is 4.76. The van der Waals surface area contributed by atoms with Gasteiger partial charge in [-0.2, -0.15) is 11.8 Å². The third-order valence-electron chi connectivity index (χ3n) is 4.88. The van der Waals surface area contributed by atoms with E-state index in [2.05, 4.69) is 13.8 Å². The normalized spacial score (nSPS) is 32.9. The molecule has 0 aromatic rings. The molecule has 5 nitrogen and oxygen atoms in total. The van der Waals surface area contributed by atoms with Crippen molar-refractivity contribution in [2.75, 3.05) is 18.8 Å². The number of amides is 2. The number of nitrogens with zero attached hydrogens (tertiary/aromatic N) is 2. The van der Waals surface area contributed by atoms with Gasteiger partial charge in [-0.25, -0.2) is 9.59 Å². The summed E-state index contributed by atoms with van der Waals surface area (Å²) in [5.41, 5.74) is -0.376. The summed E-state index contributed by atoms with van der Waals surface area (Å²) in [4.78, 5) is 28.0. The molecule has 1 N–H and O–H groups in total. The molecule has 0 radical (unpaired) electrons. The molecular weight excluding hydrogens is 288 g/mol. The van der Waals surface area contributed by atoms with E-state index >= 15 is 0 Å². The number of carbonyl (C=O) groups is 2. The van der Waals surface area contributed by atoms with Crippen LogP contribution in [0.2, 0.25) is 0 Å². The Morgan fingerprint density at radius 1 is 1.19 bits per heavy atom. The van der Waals surface area contributed by atoms with Crippen molar-refractivity contribution in [1.29, 1.82) is 0 Å². The van der Waals surface area contributed by atoms with Gasteiger partial charge in [-0.3, -0.25) is 0 Å². The van der Waals surface area contributed by atoms with Gasteiger partial charge in [0.25, 0.3) is 0 Å². The number of carboxylic acids is 1. The van der Waals surface area contributed by atoms with Crippen molar-refractivity contribution in [2.24, 2.45) is 5.41 Å². The average molecular weight is 314 g/mol. The van der Waals surface area contributed by atoms with E-state index in [-0.39, 0.29) is 17.5 Å². The Hall–Kier alpha value is -0.910. The third-order valence-corrected chi connectivity index (χ3v) is 6.22. The number of hydrogen-bond donors (Lipinski definition) is 1. The first-order valence-corrected chi connectivity index (χ1v) is 8.72. The van der Waals surface area contributed by atoms with Crippen molar-refractivity contribution >= 4 is 23.8 Å². The molecule has 0 spiro atoms. The molecule has 6 heteroatoms. The van der Waals surface area contributed by atoms with Crippen molar-refractivity contribution in [3.05, 3.63) is 0 Å². The average Bonchev–Trinajstić information content (AvgIpc) is 2.39. The van der Waals surface area contributed by atoms with Crippen molar-refractivity contribution in [2.45, 2.75) is 57.9 Å². The highest BCUT2D eigenvalue weighted by atomic mass is 32.2. The third kappa shape index (κ3) is 3.15. The van der Waals surface area contributed by atoms with Gasteiger partial charge >= 0.3 is 12.0 Å². The second kappa shape index (κ2) is 6.07. The first kappa shape index (κ1) is 16.5. The highest BCUT2D eigenvalue weighted by molar-refractivity contribution is 8.00. The number of likely N-dealkylation sites (tertiary alicyclic amines) is 1. The lowest BCUT2D eigenvalue weighted by Crippen LogP contribution is -2.62. The van der Waals surface area contributed by atoms with Crippen LogP contribution in [0.25, 0.3) is 0 Å². The summed E-state index contributed by atoms with van der Waals surface area (Å²) in [5, 5.41) is 9.99. The fraction of sp³-hybridized carbons (Fsp3) is 0.867. The maximum atomic E-state index is 12.9. The van der Waals surface area contributed by atoms with Crippen LogP contribution < -0.4 is 0 Å². The Bertz CT molecular complexity index is 427. The number of aliphatic carboxylic acids is 1. The molecule has 2 aliphatic heterocycles. The number of hydrogen-bond acceptors (Lipinski definition) is 3. The van der Waals surface area contributed by atoms with Crippen molar-refractivity contribution in [3.8, 4) is 0 Å². The van der Waals surface area contributed by atoms with Gasteiger partial charge in [0.2, 0.25) is 0 Å². The highest BCUT2D eigenvalue weighted by Crippen LogP contribution is 2.36. The topological polar surface area (TPSA) is 60.9 Å². The minimum Gasteiger partial charge on any atom is -0.480 e. The van der Waals surface area contributed by atoms with E-state index in [0.29, 0.717) is 18.3 Å². The molecule has 2 saturated heterocycles. The van der Waals surface area contributed by atoms with Gasteiger partial charge in [-0.15, -0.1) is 0 Å². The zero-order valence-corrected chi connectivity index (χ0v) is 14.2. The number of piperidine rings is 1. The summed E-state index contributed by atoms with van der Waals surface area (Å²) < 4.78 is 0. The van der Waals surface area contributed by atoms with Crippen LogP contribution in [0.3, 0.4) is 0 Å². The molecule has 2 rings (SSSR count). The highest BCUT2D eigenvalue weighted by Gasteiger charge is 2.46. The summed E-state index contributed by atoms with van der Waals surface area (Å²) in [5.74, 6) is 0.0341. The zero-order chi connectivity index (χ0) is 15.8. The van der Waals surface area contributed by atoms with Crippen LogP contribution in [0.5, 0.6) is 0 Å². The first-order chi connectivity index (χ1) is 9.75. The van der Waals surface area contributed by atoms with Gasteiger partial charge < -0.3 is 14.9 Å². The predicted octanol–water partition coefficient (Wildman–Crippen LogP) is 2.51. The molecule has 21 heavy (non-hydrogen) atoms. The quantitative estimate of drug-likeness (QED) is 0.808. The minimum absolute atomic E-state index is 0.102. The van der Waals surface area contributed by atoms with Gasteiger partial charge in [0.1, 0.15) is 6.04 Å². The summed E-state index contributed by atoms with van der Waals surface area (Å²) in [6, 6.07) is -0.679. The first-order valence-electron chi connectivity index (χ1n) is 7.67. The SMILES string of the molecule is CC1SCCN(C(=O)N2CCCC(C)(C)C2C(=O)O)C1C. The lowest BCUT2D eigenvalue weighted by atomic mass is 9.76.